The summed E-state index contributed by atoms with van der Waals surface area (Å²) in [5.41, 5.74) is 5.81. The minimum Gasteiger partial charge on any atom is -0.478 e. The van der Waals surface area contributed by atoms with Crippen LogP contribution in [0.2, 0.25) is 0 Å². The van der Waals surface area contributed by atoms with Crippen LogP contribution in [0.5, 0.6) is 11.5 Å². The number of anilines is 2. The van der Waals surface area contributed by atoms with Gasteiger partial charge in [-0.1, -0.05) is 68.4 Å². The summed E-state index contributed by atoms with van der Waals surface area (Å²) in [6.45, 7) is 11.0. The molecule has 0 unspecified atom stereocenters. The lowest BCUT2D eigenvalue weighted by atomic mass is 9.81. The van der Waals surface area contributed by atoms with Crippen molar-refractivity contribution in [1.29, 1.82) is 0 Å². The normalized spacial score (nSPS) is 16.6. The Morgan fingerprint density at radius 1 is 0.788 bits per heavy atom. The van der Waals surface area contributed by atoms with Crippen LogP contribution in [0.1, 0.15) is 60.3 Å². The van der Waals surface area contributed by atoms with Gasteiger partial charge in [0, 0.05) is 44.9 Å². The van der Waals surface area contributed by atoms with Crippen LogP contribution in [0, 0.1) is 0 Å². The van der Waals surface area contributed by atoms with Gasteiger partial charge in [0.2, 0.25) is 5.36 Å². The molecule has 6 aromatic carbocycles. The second-order valence-corrected chi connectivity index (χ2v) is 16.9. The van der Waals surface area contributed by atoms with Crippen molar-refractivity contribution in [2.75, 3.05) is 18.0 Å². The highest BCUT2D eigenvalue weighted by atomic mass is 32.2. The Kier molecular flexibility index (Phi) is 6.85. The predicted molar refractivity (Wildman–Crippen MR) is 203 cm³/mol. The lowest BCUT2D eigenvalue weighted by Gasteiger charge is -2.28. The van der Waals surface area contributed by atoms with Crippen LogP contribution in [0.3, 0.4) is 0 Å². The molecule has 3 heterocycles. The molecule has 52 heavy (non-hydrogen) atoms. The molecule has 9 rings (SSSR count). The summed E-state index contributed by atoms with van der Waals surface area (Å²) < 4.78 is 43.1. The summed E-state index contributed by atoms with van der Waals surface area (Å²) in [5, 5.41) is 16.1. The van der Waals surface area contributed by atoms with Gasteiger partial charge in [-0.05, 0) is 73.2 Å². The van der Waals surface area contributed by atoms with E-state index < -0.39 is 16.1 Å². The van der Waals surface area contributed by atoms with Gasteiger partial charge in [-0.3, -0.25) is 4.55 Å². The van der Waals surface area contributed by atoms with E-state index in [1.165, 1.54) is 12.1 Å². The van der Waals surface area contributed by atoms with Crippen molar-refractivity contribution < 1.29 is 27.6 Å². The maximum atomic E-state index is 11.9. The number of rotatable bonds is 5. The molecular formula is C43H37N2O6S+. The molecular weight excluding hydrogens is 673 g/mol. The van der Waals surface area contributed by atoms with Gasteiger partial charge in [-0.15, -0.1) is 0 Å². The van der Waals surface area contributed by atoms with Gasteiger partial charge < -0.3 is 14.7 Å². The zero-order chi connectivity index (χ0) is 36.3. The van der Waals surface area contributed by atoms with Crippen molar-refractivity contribution in [1.82, 2.24) is 4.58 Å². The quantitative estimate of drug-likeness (QED) is 0.143. The van der Waals surface area contributed by atoms with Crippen molar-refractivity contribution in [3.8, 4) is 11.5 Å². The number of carbonyl (C=O) groups is 1. The van der Waals surface area contributed by atoms with Gasteiger partial charge in [-0.25, -0.2) is 9.37 Å². The van der Waals surface area contributed by atoms with E-state index in [9.17, 15) is 22.9 Å². The second-order valence-electron chi connectivity index (χ2n) is 15.5. The number of hydrogen-bond donors (Lipinski definition) is 2. The first kappa shape index (κ1) is 32.4. The molecule has 0 atom stereocenters. The molecule has 0 amide bonds. The Labute approximate surface area is 301 Å². The smallest absolute Gasteiger partial charge is 0.335 e. The number of aromatic carboxylic acids is 1. The Morgan fingerprint density at radius 2 is 1.42 bits per heavy atom. The molecule has 0 spiro atoms. The fourth-order valence-corrected chi connectivity index (χ4v) is 9.25. The van der Waals surface area contributed by atoms with Gasteiger partial charge in [0.15, 0.2) is 13.1 Å². The van der Waals surface area contributed by atoms with Crippen molar-refractivity contribution >= 4 is 55.1 Å². The van der Waals surface area contributed by atoms with Gasteiger partial charge in [-0.2, -0.15) is 8.42 Å². The van der Waals surface area contributed by atoms with E-state index in [2.05, 4.69) is 85.7 Å². The number of fused-ring (bicyclic) bond motifs is 12. The predicted octanol–water partition coefficient (Wildman–Crippen LogP) is 7.28. The molecule has 0 bridgehead atoms. The van der Waals surface area contributed by atoms with E-state index in [0.717, 1.165) is 83.8 Å². The van der Waals surface area contributed by atoms with Crippen LogP contribution in [-0.2, 0) is 27.5 Å². The monoisotopic (exact) mass is 709 g/mol. The molecule has 2 N–H and O–H groups in total. The molecule has 0 saturated heterocycles. The van der Waals surface area contributed by atoms with Crippen LogP contribution in [0.4, 0.5) is 11.4 Å². The zero-order valence-electron chi connectivity index (χ0n) is 29.3. The largest absolute Gasteiger partial charge is 0.478 e. The SMILES string of the molecule is CC1(C)CN(c2ccc(S(=O)(=O)O)cc2)c2c1c1c(c3ccccc23)C=c2c(c3c(c4ccccc24)=[N+](Cc2ccc(C(=O)O)cc2)CC3(C)C)O1. The van der Waals surface area contributed by atoms with E-state index in [1.807, 2.05) is 18.2 Å². The summed E-state index contributed by atoms with van der Waals surface area (Å²) >= 11 is 0. The summed E-state index contributed by atoms with van der Waals surface area (Å²) in [4.78, 5) is 13.6. The standard InChI is InChI=1S/C43H36N2O6S/c1-42(2)23-44(22-25-13-15-26(16-14-25)41(46)47)37-31-11-7-5-9-29(31)33-21-34-30-10-6-8-12-32(30)38-36(40(34)51-39(33)35(37)42)43(3,4)24-45(38)27-17-19-28(20-18-27)52(48,49)50/h5-21H,22-24H2,1-4H3,(H-,46,47,48,49,50)/p+1. The summed E-state index contributed by atoms with van der Waals surface area (Å²) in [7, 11) is -4.33. The molecule has 0 aromatic heterocycles. The molecule has 0 aliphatic carbocycles. The molecule has 0 radical (unpaired) electrons. The molecule has 6 aromatic rings. The lowest BCUT2D eigenvalue weighted by molar-refractivity contribution is 0.0696. The van der Waals surface area contributed by atoms with Gasteiger partial charge >= 0.3 is 5.97 Å². The molecule has 8 nitrogen and oxygen atoms in total. The first-order chi connectivity index (χ1) is 24.7. The third-order valence-electron chi connectivity index (χ3n) is 11.0. The van der Waals surface area contributed by atoms with Crippen LogP contribution in [-0.4, -0.2) is 37.1 Å². The number of ether oxygens (including phenoxy) is 1. The number of carboxylic acids is 1. The average Bonchev–Trinajstić information content (AvgIpc) is 3.56. The molecule has 9 heteroatoms. The lowest BCUT2D eigenvalue weighted by Crippen LogP contribution is -2.30. The molecule has 260 valence electrons. The zero-order valence-corrected chi connectivity index (χ0v) is 30.1. The van der Waals surface area contributed by atoms with Crippen LogP contribution >= 0.6 is 0 Å². The summed E-state index contributed by atoms with van der Waals surface area (Å²) in [6.07, 6.45) is 2.31. The maximum Gasteiger partial charge on any atom is 0.335 e. The van der Waals surface area contributed by atoms with E-state index in [-0.39, 0.29) is 21.3 Å². The van der Waals surface area contributed by atoms with E-state index >= 15 is 0 Å². The Morgan fingerprint density at radius 3 is 2.08 bits per heavy atom. The van der Waals surface area contributed by atoms with Crippen LogP contribution in [0.15, 0.2) is 102 Å². The number of hydrogen-bond acceptors (Lipinski definition) is 5. The molecule has 0 fully saturated rings. The Hall–Kier alpha value is -5.51. The van der Waals surface area contributed by atoms with Gasteiger partial charge in [0.25, 0.3) is 10.1 Å². The summed E-state index contributed by atoms with van der Waals surface area (Å²) in [6, 6.07) is 30.4. The topological polar surface area (TPSA) is 107 Å². The average molecular weight is 710 g/mol. The highest BCUT2D eigenvalue weighted by molar-refractivity contribution is 7.85. The Bertz CT molecular complexity index is 2790. The van der Waals surface area contributed by atoms with E-state index in [0.29, 0.717) is 13.1 Å². The maximum absolute atomic E-state index is 11.9. The Balaban J connectivity index is 1.31. The first-order valence-corrected chi connectivity index (χ1v) is 18.8. The third-order valence-corrected chi connectivity index (χ3v) is 11.8. The molecule has 3 aliphatic heterocycles. The highest BCUT2D eigenvalue weighted by Crippen LogP contribution is 2.56. The molecule has 0 saturated carbocycles. The van der Waals surface area contributed by atoms with Crippen LogP contribution in [0.25, 0.3) is 27.6 Å². The van der Waals surface area contributed by atoms with Crippen molar-refractivity contribution in [3.63, 3.8) is 0 Å². The minimum atomic E-state index is -4.33. The number of benzene rings is 6. The highest BCUT2D eigenvalue weighted by Gasteiger charge is 2.45. The van der Waals surface area contributed by atoms with E-state index in [4.69, 9.17) is 4.74 Å². The second kappa shape index (κ2) is 11.0. The van der Waals surface area contributed by atoms with Crippen molar-refractivity contribution in [2.45, 2.75) is 50.0 Å². The molecule has 3 aliphatic rings. The summed E-state index contributed by atoms with van der Waals surface area (Å²) in [5.74, 6) is 0.754. The van der Waals surface area contributed by atoms with Crippen LogP contribution < -0.4 is 24.8 Å². The van der Waals surface area contributed by atoms with Gasteiger partial charge in [0.05, 0.1) is 32.5 Å². The minimum absolute atomic E-state index is 0.144. The first-order valence-electron chi connectivity index (χ1n) is 17.4. The fraction of sp³-hybridized carbons (Fsp3) is 0.209. The van der Waals surface area contributed by atoms with E-state index in [1.54, 1.807) is 24.3 Å². The fourth-order valence-electron chi connectivity index (χ4n) is 8.77. The van der Waals surface area contributed by atoms with Crippen molar-refractivity contribution in [2.24, 2.45) is 0 Å². The number of carboxylic acid groups (broad SMARTS) is 1. The number of nitrogens with zero attached hydrogens (tertiary/aromatic N) is 2. The van der Waals surface area contributed by atoms with Gasteiger partial charge in [0.1, 0.15) is 11.5 Å². The van der Waals surface area contributed by atoms with Crippen molar-refractivity contribution in [3.05, 3.63) is 135 Å². The third kappa shape index (κ3) is 4.79.